The first-order valence-corrected chi connectivity index (χ1v) is 6.19. The molecule has 0 radical (unpaired) electrons. The van der Waals surface area contributed by atoms with Crippen molar-refractivity contribution in [3.05, 3.63) is 0 Å². The number of carbonyl (C=O) groups excluding carboxylic acids is 2. The number of hydrogen-bond acceptors (Lipinski definition) is 5. The molecule has 0 aromatic rings. The van der Waals surface area contributed by atoms with E-state index in [2.05, 4.69) is 5.43 Å². The van der Waals surface area contributed by atoms with Gasteiger partial charge in [0.1, 0.15) is 5.60 Å². The molecule has 16 heavy (non-hydrogen) atoms. The number of ether oxygens (including phenoxy) is 1. The minimum absolute atomic E-state index is 0.156. The average molecular weight is 248 g/mol. The summed E-state index contributed by atoms with van der Waals surface area (Å²) in [4.78, 5) is 22.6. The zero-order valence-corrected chi connectivity index (χ0v) is 11.0. The summed E-state index contributed by atoms with van der Waals surface area (Å²) < 4.78 is 5.12. The van der Waals surface area contributed by atoms with E-state index in [9.17, 15) is 9.59 Å². The van der Waals surface area contributed by atoms with Crippen LogP contribution >= 0.6 is 11.8 Å². The van der Waals surface area contributed by atoms with Gasteiger partial charge in [0, 0.05) is 0 Å². The van der Waals surface area contributed by atoms with E-state index in [-0.39, 0.29) is 22.9 Å². The van der Waals surface area contributed by atoms with Gasteiger partial charge in [-0.3, -0.25) is 15.0 Å². The first-order chi connectivity index (χ1) is 7.30. The van der Waals surface area contributed by atoms with Gasteiger partial charge >= 0.3 is 5.97 Å². The van der Waals surface area contributed by atoms with Crippen molar-refractivity contribution in [3.63, 3.8) is 0 Å². The molecule has 0 heterocycles. The summed E-state index contributed by atoms with van der Waals surface area (Å²) in [6, 6.07) is 0. The first kappa shape index (κ1) is 15.2. The molecule has 0 fully saturated rings. The summed E-state index contributed by atoms with van der Waals surface area (Å²) in [5.41, 5.74) is 1.59. The van der Waals surface area contributed by atoms with Crippen molar-refractivity contribution < 1.29 is 14.3 Å². The van der Waals surface area contributed by atoms with Gasteiger partial charge in [-0.15, -0.1) is 11.8 Å². The molecule has 0 saturated carbocycles. The van der Waals surface area contributed by atoms with E-state index in [0.29, 0.717) is 6.42 Å². The number of nitrogens with one attached hydrogen (secondary N) is 1. The molecule has 5 nitrogen and oxygen atoms in total. The normalized spacial score (nSPS) is 13.1. The van der Waals surface area contributed by atoms with Crippen LogP contribution in [0.25, 0.3) is 0 Å². The summed E-state index contributed by atoms with van der Waals surface area (Å²) >= 11 is 1.24. The minimum atomic E-state index is -0.491. The number of rotatable bonds is 5. The molecule has 0 aromatic carbocycles. The van der Waals surface area contributed by atoms with E-state index in [1.54, 1.807) is 20.8 Å². The van der Waals surface area contributed by atoms with Crippen molar-refractivity contribution in [2.45, 2.75) is 45.0 Å². The standard InChI is InChI=1S/C10H20N2O3S/c1-5-7(9(14)12-11)16-6-8(13)15-10(2,3)4/h7H,5-6,11H2,1-4H3,(H,12,14). The van der Waals surface area contributed by atoms with E-state index in [1.165, 1.54) is 11.8 Å². The molecule has 0 aliphatic rings. The number of carbonyl (C=O) groups is 2. The Labute approximate surface area is 100 Å². The van der Waals surface area contributed by atoms with Crippen molar-refractivity contribution >= 4 is 23.6 Å². The fraction of sp³-hybridized carbons (Fsp3) is 0.800. The summed E-state index contributed by atoms with van der Waals surface area (Å²) in [7, 11) is 0. The number of amides is 1. The van der Waals surface area contributed by atoms with Crippen LogP contribution < -0.4 is 11.3 Å². The number of esters is 1. The van der Waals surface area contributed by atoms with Gasteiger partial charge in [0.25, 0.3) is 0 Å². The lowest BCUT2D eigenvalue weighted by Gasteiger charge is -2.20. The summed E-state index contributed by atoms with van der Waals surface area (Å²) in [6.45, 7) is 7.28. The Bertz CT molecular complexity index is 251. The summed E-state index contributed by atoms with van der Waals surface area (Å²) in [6.07, 6.45) is 0.622. The third-order valence-corrected chi connectivity index (χ3v) is 2.98. The maximum Gasteiger partial charge on any atom is 0.316 e. The van der Waals surface area contributed by atoms with Gasteiger partial charge in [0.2, 0.25) is 5.91 Å². The third-order valence-electron chi connectivity index (χ3n) is 1.63. The Balaban J connectivity index is 4.03. The topological polar surface area (TPSA) is 81.4 Å². The highest BCUT2D eigenvalue weighted by atomic mass is 32.2. The van der Waals surface area contributed by atoms with Crippen LogP contribution in [0.4, 0.5) is 0 Å². The summed E-state index contributed by atoms with van der Waals surface area (Å²) in [5, 5.41) is -0.308. The molecule has 1 amide bonds. The van der Waals surface area contributed by atoms with Gasteiger partial charge in [0.05, 0.1) is 11.0 Å². The van der Waals surface area contributed by atoms with Crippen molar-refractivity contribution in [1.82, 2.24) is 5.43 Å². The van der Waals surface area contributed by atoms with Crippen LogP contribution in [-0.2, 0) is 14.3 Å². The second-order valence-electron chi connectivity index (χ2n) is 4.30. The average Bonchev–Trinajstić information content (AvgIpc) is 2.15. The lowest BCUT2D eigenvalue weighted by molar-refractivity contribution is -0.151. The number of hydrogen-bond donors (Lipinski definition) is 2. The van der Waals surface area contributed by atoms with Crippen LogP contribution in [0, 0.1) is 0 Å². The molecule has 0 rings (SSSR count). The largest absolute Gasteiger partial charge is 0.459 e. The van der Waals surface area contributed by atoms with Gasteiger partial charge in [-0.2, -0.15) is 0 Å². The Hall–Kier alpha value is -0.750. The number of thioether (sulfide) groups is 1. The fourth-order valence-electron chi connectivity index (χ4n) is 1.01. The SMILES string of the molecule is CCC(SCC(=O)OC(C)(C)C)C(=O)NN. The molecule has 0 spiro atoms. The number of hydrazine groups is 1. The molecule has 6 heteroatoms. The van der Waals surface area contributed by atoms with Crippen molar-refractivity contribution in [2.24, 2.45) is 5.84 Å². The molecule has 94 valence electrons. The van der Waals surface area contributed by atoms with Crippen LogP contribution in [-0.4, -0.2) is 28.5 Å². The zero-order valence-electron chi connectivity index (χ0n) is 10.2. The second-order valence-corrected chi connectivity index (χ2v) is 5.49. The third kappa shape index (κ3) is 6.68. The van der Waals surface area contributed by atoms with Crippen LogP contribution in [0.3, 0.4) is 0 Å². The molecule has 0 aliphatic heterocycles. The molecular formula is C10H20N2O3S. The highest BCUT2D eigenvalue weighted by molar-refractivity contribution is 8.01. The highest BCUT2D eigenvalue weighted by Gasteiger charge is 2.20. The van der Waals surface area contributed by atoms with Gasteiger partial charge in [-0.05, 0) is 27.2 Å². The molecule has 0 saturated heterocycles. The lowest BCUT2D eigenvalue weighted by atomic mass is 10.2. The predicted octanol–water partition coefficient (Wildman–Crippen LogP) is 0.830. The molecule has 0 aliphatic carbocycles. The smallest absolute Gasteiger partial charge is 0.316 e. The zero-order chi connectivity index (χ0) is 12.8. The lowest BCUT2D eigenvalue weighted by Crippen LogP contribution is -2.38. The second kappa shape index (κ2) is 6.75. The van der Waals surface area contributed by atoms with Crippen LogP contribution in [0.1, 0.15) is 34.1 Å². The molecule has 3 N–H and O–H groups in total. The van der Waals surface area contributed by atoms with Crippen molar-refractivity contribution in [3.8, 4) is 0 Å². The molecule has 1 atom stereocenters. The highest BCUT2D eigenvalue weighted by Crippen LogP contribution is 2.16. The molecule has 0 bridgehead atoms. The Morgan fingerprint density at radius 2 is 2.00 bits per heavy atom. The van der Waals surface area contributed by atoms with Crippen molar-refractivity contribution in [2.75, 3.05) is 5.75 Å². The van der Waals surface area contributed by atoms with Crippen LogP contribution in [0.5, 0.6) is 0 Å². The molecule has 0 aromatic heterocycles. The van der Waals surface area contributed by atoms with Crippen LogP contribution in [0.2, 0.25) is 0 Å². The Kier molecular flexibility index (Phi) is 6.43. The monoisotopic (exact) mass is 248 g/mol. The Morgan fingerprint density at radius 3 is 2.38 bits per heavy atom. The molecule has 1 unspecified atom stereocenters. The maximum atomic E-state index is 11.4. The van der Waals surface area contributed by atoms with Gasteiger partial charge in [-0.1, -0.05) is 6.92 Å². The Morgan fingerprint density at radius 1 is 1.44 bits per heavy atom. The van der Waals surface area contributed by atoms with E-state index in [1.807, 2.05) is 6.92 Å². The van der Waals surface area contributed by atoms with E-state index in [0.717, 1.165) is 0 Å². The molecular weight excluding hydrogens is 228 g/mol. The van der Waals surface area contributed by atoms with Gasteiger partial charge < -0.3 is 4.74 Å². The van der Waals surface area contributed by atoms with E-state index >= 15 is 0 Å². The van der Waals surface area contributed by atoms with Gasteiger partial charge in [-0.25, -0.2) is 5.84 Å². The fourth-order valence-corrected chi connectivity index (χ4v) is 1.86. The van der Waals surface area contributed by atoms with Gasteiger partial charge in [0.15, 0.2) is 0 Å². The first-order valence-electron chi connectivity index (χ1n) is 5.14. The number of nitrogens with two attached hydrogens (primary N) is 1. The summed E-state index contributed by atoms with van der Waals surface area (Å²) in [5.74, 6) is 4.60. The quantitative estimate of drug-likeness (QED) is 0.326. The minimum Gasteiger partial charge on any atom is -0.459 e. The van der Waals surface area contributed by atoms with E-state index in [4.69, 9.17) is 10.6 Å². The predicted molar refractivity (Wildman–Crippen MR) is 64.7 cm³/mol. The van der Waals surface area contributed by atoms with Crippen LogP contribution in [0.15, 0.2) is 0 Å². The van der Waals surface area contributed by atoms with E-state index < -0.39 is 5.60 Å². The van der Waals surface area contributed by atoms with Crippen molar-refractivity contribution in [1.29, 1.82) is 0 Å². The maximum absolute atomic E-state index is 11.4.